The van der Waals surface area contributed by atoms with E-state index in [1.54, 1.807) is 18.2 Å². The van der Waals surface area contributed by atoms with Crippen molar-refractivity contribution in [3.05, 3.63) is 51.9 Å². The molecular weight excluding hydrogens is 279 g/mol. The second-order valence-corrected chi connectivity index (χ2v) is 4.20. The predicted octanol–water partition coefficient (Wildman–Crippen LogP) is 3.86. The van der Waals surface area contributed by atoms with E-state index in [0.717, 1.165) is 0 Å². The van der Waals surface area contributed by atoms with E-state index in [4.69, 9.17) is 37.5 Å². The van der Waals surface area contributed by atoms with Gasteiger partial charge >= 0.3 is 5.97 Å². The van der Waals surface area contributed by atoms with Gasteiger partial charge in [-0.3, -0.25) is 0 Å². The fourth-order valence-electron chi connectivity index (χ4n) is 1.31. The van der Waals surface area contributed by atoms with E-state index >= 15 is 0 Å². The van der Waals surface area contributed by atoms with E-state index in [1.807, 2.05) is 0 Å². The Bertz CT molecular complexity index is 577. The first kappa shape index (κ1) is 12.8. The third kappa shape index (κ3) is 2.78. The van der Waals surface area contributed by atoms with Crippen LogP contribution in [-0.4, -0.2) is 11.1 Å². The Balaban J connectivity index is 2.07. The molecule has 2 aromatic rings. The number of benzene rings is 1. The van der Waals surface area contributed by atoms with Crippen molar-refractivity contribution in [3.63, 3.8) is 0 Å². The molecular formula is C12H8Cl2O4. The number of hydrogen-bond donors (Lipinski definition) is 1. The lowest BCUT2D eigenvalue weighted by Crippen LogP contribution is -1.95. The van der Waals surface area contributed by atoms with Gasteiger partial charge in [0, 0.05) is 0 Å². The highest BCUT2D eigenvalue weighted by Crippen LogP contribution is 2.31. The summed E-state index contributed by atoms with van der Waals surface area (Å²) in [5, 5.41) is 9.39. The largest absolute Gasteiger partial charge is 0.484 e. The van der Waals surface area contributed by atoms with Crippen molar-refractivity contribution in [1.82, 2.24) is 0 Å². The highest BCUT2D eigenvalue weighted by Gasteiger charge is 2.10. The van der Waals surface area contributed by atoms with Crippen LogP contribution in [0.1, 0.15) is 16.3 Å². The molecule has 1 N–H and O–H groups in total. The molecule has 1 heterocycles. The van der Waals surface area contributed by atoms with E-state index in [0.29, 0.717) is 21.6 Å². The first-order chi connectivity index (χ1) is 8.58. The van der Waals surface area contributed by atoms with Crippen molar-refractivity contribution in [1.29, 1.82) is 0 Å². The minimum absolute atomic E-state index is 0.0767. The molecule has 0 fully saturated rings. The molecule has 0 unspecified atom stereocenters. The quantitative estimate of drug-likeness (QED) is 0.927. The van der Waals surface area contributed by atoms with Crippen molar-refractivity contribution < 1.29 is 19.1 Å². The minimum Gasteiger partial charge on any atom is -0.484 e. The zero-order chi connectivity index (χ0) is 13.1. The molecule has 0 aliphatic carbocycles. The molecule has 1 aromatic carbocycles. The zero-order valence-electron chi connectivity index (χ0n) is 9.02. The molecule has 4 nitrogen and oxygen atoms in total. The molecule has 0 saturated carbocycles. The van der Waals surface area contributed by atoms with Gasteiger partial charge in [-0.05, 0) is 24.3 Å². The Labute approximate surface area is 113 Å². The van der Waals surface area contributed by atoms with Crippen LogP contribution in [0.4, 0.5) is 0 Å². The SMILES string of the molecule is O=C(O)c1ccc(COc2cccc(Cl)c2Cl)o1. The number of aromatic carboxylic acids is 1. The van der Waals surface area contributed by atoms with Gasteiger partial charge in [0.05, 0.1) is 5.02 Å². The average molecular weight is 287 g/mol. The third-order valence-electron chi connectivity index (χ3n) is 2.16. The summed E-state index contributed by atoms with van der Waals surface area (Å²) < 4.78 is 10.4. The molecule has 0 bridgehead atoms. The van der Waals surface area contributed by atoms with Gasteiger partial charge in [0.2, 0.25) is 5.76 Å². The Morgan fingerprint density at radius 1 is 1.28 bits per heavy atom. The normalized spacial score (nSPS) is 10.3. The molecule has 0 radical (unpaired) electrons. The van der Waals surface area contributed by atoms with E-state index in [1.165, 1.54) is 12.1 Å². The monoisotopic (exact) mass is 286 g/mol. The number of hydrogen-bond acceptors (Lipinski definition) is 3. The van der Waals surface area contributed by atoms with Gasteiger partial charge in [-0.15, -0.1) is 0 Å². The van der Waals surface area contributed by atoms with Gasteiger partial charge < -0.3 is 14.3 Å². The van der Waals surface area contributed by atoms with E-state index in [-0.39, 0.29) is 12.4 Å². The van der Waals surface area contributed by atoms with Crippen LogP contribution >= 0.6 is 23.2 Å². The van der Waals surface area contributed by atoms with E-state index in [2.05, 4.69) is 0 Å². The van der Waals surface area contributed by atoms with Crippen LogP contribution in [0.15, 0.2) is 34.7 Å². The first-order valence-corrected chi connectivity index (χ1v) is 5.72. The number of ether oxygens (including phenoxy) is 1. The molecule has 18 heavy (non-hydrogen) atoms. The number of carboxylic acid groups (broad SMARTS) is 1. The van der Waals surface area contributed by atoms with Crippen molar-refractivity contribution in [2.75, 3.05) is 0 Å². The van der Waals surface area contributed by atoms with Crippen molar-refractivity contribution in [3.8, 4) is 5.75 Å². The summed E-state index contributed by atoms with van der Waals surface area (Å²) >= 11 is 11.8. The number of carbonyl (C=O) groups is 1. The van der Waals surface area contributed by atoms with Gasteiger partial charge in [-0.1, -0.05) is 29.3 Å². The minimum atomic E-state index is -1.12. The van der Waals surface area contributed by atoms with Gasteiger partial charge in [-0.2, -0.15) is 0 Å². The molecule has 0 spiro atoms. The van der Waals surface area contributed by atoms with Crippen molar-refractivity contribution in [2.24, 2.45) is 0 Å². The maximum Gasteiger partial charge on any atom is 0.371 e. The number of furan rings is 1. The molecule has 94 valence electrons. The van der Waals surface area contributed by atoms with E-state index in [9.17, 15) is 4.79 Å². The Morgan fingerprint density at radius 3 is 2.72 bits per heavy atom. The molecule has 0 aliphatic rings. The smallest absolute Gasteiger partial charge is 0.371 e. The van der Waals surface area contributed by atoms with Crippen molar-refractivity contribution in [2.45, 2.75) is 6.61 Å². The molecule has 0 amide bonds. The van der Waals surface area contributed by atoms with Crippen LogP contribution in [0.5, 0.6) is 5.75 Å². The molecule has 1 aromatic heterocycles. The average Bonchev–Trinajstić information content (AvgIpc) is 2.80. The standard InChI is InChI=1S/C12H8Cl2O4/c13-8-2-1-3-9(11(8)14)17-6-7-4-5-10(18-7)12(15)16/h1-5H,6H2,(H,15,16). The van der Waals surface area contributed by atoms with Crippen LogP contribution in [0, 0.1) is 0 Å². The van der Waals surface area contributed by atoms with Crippen LogP contribution in [0.2, 0.25) is 10.0 Å². The topological polar surface area (TPSA) is 59.7 Å². The van der Waals surface area contributed by atoms with E-state index < -0.39 is 5.97 Å². The number of carboxylic acids is 1. The zero-order valence-corrected chi connectivity index (χ0v) is 10.5. The summed E-state index contributed by atoms with van der Waals surface area (Å²) in [4.78, 5) is 10.6. The van der Waals surface area contributed by atoms with Crippen molar-refractivity contribution >= 4 is 29.2 Å². The lowest BCUT2D eigenvalue weighted by molar-refractivity contribution is 0.0658. The summed E-state index contributed by atoms with van der Waals surface area (Å²) in [7, 11) is 0. The fourth-order valence-corrected chi connectivity index (χ4v) is 1.66. The highest BCUT2D eigenvalue weighted by molar-refractivity contribution is 6.42. The lowest BCUT2D eigenvalue weighted by Gasteiger charge is -2.06. The molecule has 0 atom stereocenters. The molecule has 6 heteroatoms. The predicted molar refractivity (Wildman–Crippen MR) is 66.5 cm³/mol. The van der Waals surface area contributed by atoms with Crippen LogP contribution < -0.4 is 4.74 Å². The van der Waals surface area contributed by atoms with Gasteiger partial charge in [-0.25, -0.2) is 4.79 Å². The van der Waals surface area contributed by atoms with Gasteiger partial charge in [0.15, 0.2) is 0 Å². The molecule has 2 rings (SSSR count). The van der Waals surface area contributed by atoms with Crippen LogP contribution in [0.25, 0.3) is 0 Å². The summed E-state index contributed by atoms with van der Waals surface area (Å²) in [6.07, 6.45) is 0. The fraction of sp³-hybridized carbons (Fsp3) is 0.0833. The summed E-state index contributed by atoms with van der Waals surface area (Å²) in [6, 6.07) is 7.90. The maximum atomic E-state index is 10.6. The second kappa shape index (κ2) is 5.33. The Kier molecular flexibility index (Phi) is 3.79. The first-order valence-electron chi connectivity index (χ1n) is 4.96. The number of halogens is 2. The maximum absolute atomic E-state index is 10.6. The number of rotatable bonds is 4. The Morgan fingerprint density at radius 2 is 2.06 bits per heavy atom. The molecule has 0 aliphatic heterocycles. The lowest BCUT2D eigenvalue weighted by atomic mass is 10.3. The van der Waals surface area contributed by atoms with Crippen LogP contribution in [0.3, 0.4) is 0 Å². The van der Waals surface area contributed by atoms with Gasteiger partial charge in [0.25, 0.3) is 0 Å². The summed E-state index contributed by atoms with van der Waals surface area (Å²) in [6.45, 7) is 0.0767. The molecule has 0 saturated heterocycles. The van der Waals surface area contributed by atoms with Crippen LogP contribution in [-0.2, 0) is 6.61 Å². The Hall–Kier alpha value is -1.65. The summed E-state index contributed by atoms with van der Waals surface area (Å²) in [5.41, 5.74) is 0. The second-order valence-electron chi connectivity index (χ2n) is 3.41. The van der Waals surface area contributed by atoms with Gasteiger partial charge in [0.1, 0.15) is 23.1 Å². The summed E-state index contributed by atoms with van der Waals surface area (Å²) in [5.74, 6) is -0.450. The highest BCUT2D eigenvalue weighted by atomic mass is 35.5. The third-order valence-corrected chi connectivity index (χ3v) is 2.96.